The van der Waals surface area contributed by atoms with Gasteiger partial charge in [-0.25, -0.2) is 8.78 Å². The third kappa shape index (κ3) is 2.83. The summed E-state index contributed by atoms with van der Waals surface area (Å²) in [7, 11) is 0. The van der Waals surface area contributed by atoms with Gasteiger partial charge in [0.2, 0.25) is 5.82 Å². The highest BCUT2D eigenvalue weighted by atomic mass is 19.3. The van der Waals surface area contributed by atoms with Crippen molar-refractivity contribution in [2.75, 3.05) is 11.9 Å². The number of rotatable bonds is 4. The maximum Gasteiger partial charge on any atom is 0.327 e. The molecule has 1 aromatic rings. The molecule has 0 saturated heterocycles. The number of hydrogen-bond acceptors (Lipinski definition) is 3. The molecule has 0 spiro atoms. The Hall–Kier alpha value is -1.79. The van der Waals surface area contributed by atoms with Crippen molar-refractivity contribution in [2.24, 2.45) is 0 Å². The van der Waals surface area contributed by atoms with E-state index in [4.69, 9.17) is 0 Å². The second kappa shape index (κ2) is 4.63. The Kier molecular flexibility index (Phi) is 3.48. The monoisotopic (exact) mass is 220 g/mol. The van der Waals surface area contributed by atoms with Crippen LogP contribution in [0.25, 0.3) is 0 Å². The third-order valence-electron chi connectivity index (χ3n) is 1.62. The number of nitro groups is 1. The van der Waals surface area contributed by atoms with Crippen molar-refractivity contribution in [3.05, 3.63) is 34.1 Å². The summed E-state index contributed by atoms with van der Waals surface area (Å²) >= 11 is 0. The largest absolute Gasteiger partial charge is 0.374 e. The summed E-state index contributed by atoms with van der Waals surface area (Å²) in [6.07, 6.45) is -2.66. The van der Waals surface area contributed by atoms with E-state index >= 15 is 0 Å². The molecule has 0 aromatic heterocycles. The second-order valence-electron chi connectivity index (χ2n) is 2.67. The molecular formula is C8H7F3N2O2. The zero-order valence-electron chi connectivity index (χ0n) is 7.41. The molecule has 7 heteroatoms. The van der Waals surface area contributed by atoms with Gasteiger partial charge in [0, 0.05) is 0 Å². The predicted molar refractivity (Wildman–Crippen MR) is 47.5 cm³/mol. The van der Waals surface area contributed by atoms with Crippen LogP contribution in [0.1, 0.15) is 0 Å². The highest BCUT2D eigenvalue weighted by molar-refractivity contribution is 5.61. The Bertz CT molecular complexity index is 371. The Morgan fingerprint density at radius 1 is 1.47 bits per heavy atom. The van der Waals surface area contributed by atoms with Crippen LogP contribution in [-0.4, -0.2) is 17.9 Å². The summed E-state index contributed by atoms with van der Waals surface area (Å²) in [5.74, 6) is -1.06. The fraction of sp³-hybridized carbons (Fsp3) is 0.250. The van der Waals surface area contributed by atoms with Crippen LogP contribution in [0.3, 0.4) is 0 Å². The molecule has 0 heterocycles. The minimum atomic E-state index is -2.66. The lowest BCUT2D eigenvalue weighted by Crippen LogP contribution is -2.11. The van der Waals surface area contributed by atoms with Crippen molar-refractivity contribution >= 4 is 11.4 Å². The summed E-state index contributed by atoms with van der Waals surface area (Å²) in [5, 5.41) is 12.5. The van der Waals surface area contributed by atoms with Gasteiger partial charge in [-0.15, -0.1) is 0 Å². The van der Waals surface area contributed by atoms with Crippen LogP contribution in [0.2, 0.25) is 0 Å². The van der Waals surface area contributed by atoms with Crippen LogP contribution >= 0.6 is 0 Å². The van der Waals surface area contributed by atoms with Crippen molar-refractivity contribution in [3.63, 3.8) is 0 Å². The maximum atomic E-state index is 13.0. The summed E-state index contributed by atoms with van der Waals surface area (Å²) < 4.78 is 36.6. The second-order valence-corrected chi connectivity index (χ2v) is 2.67. The number of nitrogens with one attached hydrogen (secondary N) is 1. The quantitative estimate of drug-likeness (QED) is 0.626. The molecule has 1 aromatic carbocycles. The molecule has 1 rings (SSSR count). The predicted octanol–water partition coefficient (Wildman–Crippen LogP) is 2.41. The van der Waals surface area contributed by atoms with Crippen molar-refractivity contribution in [1.82, 2.24) is 0 Å². The first-order valence-corrected chi connectivity index (χ1v) is 3.97. The average molecular weight is 220 g/mol. The van der Waals surface area contributed by atoms with E-state index in [1.807, 2.05) is 0 Å². The number of nitro benzene ring substituents is 1. The molecule has 0 aliphatic heterocycles. The topological polar surface area (TPSA) is 55.2 Å². The number of benzene rings is 1. The van der Waals surface area contributed by atoms with E-state index in [2.05, 4.69) is 5.32 Å². The fourth-order valence-corrected chi connectivity index (χ4v) is 1.03. The summed E-state index contributed by atoms with van der Waals surface area (Å²) in [6.45, 7) is -0.760. The van der Waals surface area contributed by atoms with Gasteiger partial charge >= 0.3 is 5.69 Å². The molecule has 0 aliphatic rings. The average Bonchev–Trinajstić information content (AvgIpc) is 2.13. The van der Waals surface area contributed by atoms with Gasteiger partial charge in [-0.1, -0.05) is 6.07 Å². The van der Waals surface area contributed by atoms with Crippen molar-refractivity contribution in [3.8, 4) is 0 Å². The van der Waals surface area contributed by atoms with E-state index in [1.54, 1.807) is 0 Å². The normalized spacial score (nSPS) is 10.4. The first kappa shape index (κ1) is 11.3. The van der Waals surface area contributed by atoms with Gasteiger partial charge in [-0.05, 0) is 12.1 Å². The zero-order chi connectivity index (χ0) is 11.4. The van der Waals surface area contributed by atoms with E-state index in [9.17, 15) is 23.3 Å². The maximum absolute atomic E-state index is 13.0. The number of para-hydroxylation sites is 1. The Morgan fingerprint density at radius 3 is 2.67 bits per heavy atom. The smallest absolute Gasteiger partial charge is 0.327 e. The molecule has 0 saturated carbocycles. The van der Waals surface area contributed by atoms with E-state index in [-0.39, 0.29) is 5.69 Å². The molecule has 82 valence electrons. The fourth-order valence-electron chi connectivity index (χ4n) is 1.03. The number of halogens is 3. The van der Waals surface area contributed by atoms with Gasteiger partial charge in [0.05, 0.1) is 11.5 Å². The highest BCUT2D eigenvalue weighted by Gasteiger charge is 2.19. The van der Waals surface area contributed by atoms with Gasteiger partial charge in [0.1, 0.15) is 5.69 Å². The van der Waals surface area contributed by atoms with Gasteiger partial charge in [0.15, 0.2) is 0 Å². The van der Waals surface area contributed by atoms with Gasteiger partial charge in [-0.2, -0.15) is 4.39 Å². The molecule has 0 atom stereocenters. The molecule has 0 amide bonds. The molecule has 0 bridgehead atoms. The standard InChI is InChI=1S/C8H7F3N2O2/c9-5-2-1-3-6(8(5)13(14)15)12-4-7(10)11/h1-3,7,12H,4H2. The molecule has 0 unspecified atom stereocenters. The molecule has 4 nitrogen and oxygen atoms in total. The lowest BCUT2D eigenvalue weighted by molar-refractivity contribution is -0.386. The van der Waals surface area contributed by atoms with E-state index in [1.165, 1.54) is 12.1 Å². The van der Waals surface area contributed by atoms with Crippen LogP contribution in [0.15, 0.2) is 18.2 Å². The van der Waals surface area contributed by atoms with Crippen LogP contribution in [-0.2, 0) is 0 Å². The molecule has 1 N–H and O–H groups in total. The number of anilines is 1. The van der Waals surface area contributed by atoms with Crippen molar-refractivity contribution in [2.45, 2.75) is 6.43 Å². The van der Waals surface area contributed by atoms with E-state index in [0.717, 1.165) is 6.07 Å². The minimum absolute atomic E-state index is 0.250. The van der Waals surface area contributed by atoms with Gasteiger partial charge in [0.25, 0.3) is 6.43 Å². The van der Waals surface area contributed by atoms with Crippen molar-refractivity contribution < 1.29 is 18.1 Å². The van der Waals surface area contributed by atoms with Crippen LogP contribution < -0.4 is 5.32 Å². The number of alkyl halides is 2. The van der Waals surface area contributed by atoms with Crippen LogP contribution in [0.4, 0.5) is 24.5 Å². The summed E-state index contributed by atoms with van der Waals surface area (Å²) in [5.41, 5.74) is -1.07. The number of hydrogen-bond donors (Lipinski definition) is 1. The van der Waals surface area contributed by atoms with E-state index in [0.29, 0.717) is 0 Å². The van der Waals surface area contributed by atoms with Crippen LogP contribution in [0, 0.1) is 15.9 Å². The molecule has 0 aliphatic carbocycles. The lowest BCUT2D eigenvalue weighted by Gasteiger charge is -2.06. The molecule has 0 radical (unpaired) electrons. The van der Waals surface area contributed by atoms with Crippen molar-refractivity contribution in [1.29, 1.82) is 0 Å². The first-order chi connectivity index (χ1) is 7.02. The molecule has 15 heavy (non-hydrogen) atoms. The Labute approximate surface area is 82.9 Å². The SMILES string of the molecule is O=[N+]([O-])c1c(F)cccc1NCC(F)F. The minimum Gasteiger partial charge on any atom is -0.374 e. The highest BCUT2D eigenvalue weighted by Crippen LogP contribution is 2.27. The van der Waals surface area contributed by atoms with Gasteiger partial charge < -0.3 is 5.32 Å². The lowest BCUT2D eigenvalue weighted by atomic mass is 10.2. The zero-order valence-corrected chi connectivity index (χ0v) is 7.41. The Morgan fingerprint density at radius 2 is 2.13 bits per heavy atom. The third-order valence-corrected chi connectivity index (χ3v) is 1.62. The Balaban J connectivity index is 2.96. The molecular weight excluding hydrogens is 213 g/mol. The summed E-state index contributed by atoms with van der Waals surface area (Å²) in [6, 6.07) is 3.27. The summed E-state index contributed by atoms with van der Waals surface area (Å²) in [4.78, 5) is 9.47. The first-order valence-electron chi connectivity index (χ1n) is 3.97. The molecule has 0 fully saturated rings. The number of nitrogens with zero attached hydrogens (tertiary/aromatic N) is 1. The van der Waals surface area contributed by atoms with Gasteiger partial charge in [-0.3, -0.25) is 10.1 Å². The van der Waals surface area contributed by atoms with Crippen LogP contribution in [0.5, 0.6) is 0 Å². The van der Waals surface area contributed by atoms with E-state index < -0.39 is 29.4 Å².